The summed E-state index contributed by atoms with van der Waals surface area (Å²) < 4.78 is 55.5. The molecule has 0 nitrogen and oxygen atoms in total. The van der Waals surface area contributed by atoms with Gasteiger partial charge in [0.15, 0.2) is 23.3 Å². The highest BCUT2D eigenvalue weighted by Gasteiger charge is 2.30. The molecule has 0 aliphatic carbocycles. The Labute approximate surface area is 146 Å². The standard InChI is InChI=1S/C18H10BrF4P/c19-13-14(20)15(21)16(22)17(23)18(13)24(11-7-3-1-4-8-11)12-9-5-2-6-10-12/h1-10H. The maximum Gasteiger partial charge on any atom is 0.198 e. The molecule has 0 aliphatic heterocycles. The number of halogens is 5. The van der Waals surface area contributed by atoms with E-state index in [1.54, 1.807) is 60.7 Å². The molecule has 0 bridgehead atoms. The van der Waals surface area contributed by atoms with E-state index in [9.17, 15) is 17.6 Å². The summed E-state index contributed by atoms with van der Waals surface area (Å²) in [4.78, 5) is 0. The smallest absolute Gasteiger partial charge is 0.198 e. The lowest BCUT2D eigenvalue weighted by molar-refractivity contribution is 0.410. The Morgan fingerprint density at radius 2 is 1.00 bits per heavy atom. The Balaban J connectivity index is 2.33. The van der Waals surface area contributed by atoms with Crippen LogP contribution in [0.4, 0.5) is 17.6 Å². The minimum atomic E-state index is -1.82. The zero-order valence-electron chi connectivity index (χ0n) is 12.1. The summed E-state index contributed by atoms with van der Waals surface area (Å²) in [6.07, 6.45) is 0. The van der Waals surface area contributed by atoms with Gasteiger partial charge in [-0.2, -0.15) is 0 Å². The maximum absolute atomic E-state index is 14.5. The van der Waals surface area contributed by atoms with E-state index in [0.29, 0.717) is 10.6 Å². The summed E-state index contributed by atoms with van der Waals surface area (Å²) >= 11 is 2.91. The monoisotopic (exact) mass is 412 g/mol. The maximum atomic E-state index is 14.5. The van der Waals surface area contributed by atoms with Crippen LogP contribution in [0, 0.1) is 23.3 Å². The molecule has 0 unspecified atom stereocenters. The van der Waals surface area contributed by atoms with Gasteiger partial charge in [-0.1, -0.05) is 60.7 Å². The summed E-state index contributed by atoms with van der Waals surface area (Å²) in [5.41, 5.74) is 0. The Morgan fingerprint density at radius 3 is 1.46 bits per heavy atom. The molecule has 6 heteroatoms. The average molecular weight is 413 g/mol. The summed E-state index contributed by atoms with van der Waals surface area (Å²) in [6, 6.07) is 17.6. The van der Waals surface area contributed by atoms with Crippen molar-refractivity contribution in [3.05, 3.63) is 88.4 Å². The highest BCUT2D eigenvalue weighted by Crippen LogP contribution is 2.38. The third-order valence-corrected chi connectivity index (χ3v) is 6.99. The van der Waals surface area contributed by atoms with Crippen molar-refractivity contribution in [1.29, 1.82) is 0 Å². The molecule has 3 rings (SSSR count). The van der Waals surface area contributed by atoms with Crippen LogP contribution in [0.25, 0.3) is 0 Å². The van der Waals surface area contributed by atoms with E-state index in [1.807, 2.05) is 0 Å². The number of rotatable bonds is 3. The SMILES string of the molecule is Fc1c(F)c(F)c(P(c2ccccc2)c2ccccc2)c(Br)c1F. The van der Waals surface area contributed by atoms with E-state index in [-0.39, 0.29) is 5.30 Å². The highest BCUT2D eigenvalue weighted by molar-refractivity contribution is 9.10. The lowest BCUT2D eigenvalue weighted by Gasteiger charge is -2.21. The van der Waals surface area contributed by atoms with Crippen molar-refractivity contribution in [3.63, 3.8) is 0 Å². The largest absolute Gasteiger partial charge is 0.203 e. The second-order valence-electron chi connectivity index (χ2n) is 4.93. The van der Waals surface area contributed by atoms with Gasteiger partial charge in [-0.3, -0.25) is 0 Å². The van der Waals surface area contributed by atoms with Gasteiger partial charge in [-0.15, -0.1) is 0 Å². The minimum Gasteiger partial charge on any atom is -0.203 e. The van der Waals surface area contributed by atoms with Crippen molar-refractivity contribution < 1.29 is 17.6 Å². The first-order valence-corrected chi connectivity index (χ1v) is 9.07. The molecule has 0 saturated carbocycles. The second-order valence-corrected chi connectivity index (χ2v) is 7.87. The van der Waals surface area contributed by atoms with Gasteiger partial charge in [0.1, 0.15) is 0 Å². The molecule has 0 saturated heterocycles. The fraction of sp³-hybridized carbons (Fsp3) is 0. The third kappa shape index (κ3) is 2.99. The molecule has 0 aromatic heterocycles. The van der Waals surface area contributed by atoms with Gasteiger partial charge in [-0.25, -0.2) is 17.6 Å². The number of benzene rings is 3. The van der Waals surface area contributed by atoms with Gasteiger partial charge in [0.05, 0.1) is 4.47 Å². The van der Waals surface area contributed by atoms with E-state index in [2.05, 4.69) is 15.9 Å². The molecule has 0 radical (unpaired) electrons. The van der Waals surface area contributed by atoms with Crippen LogP contribution in [0.2, 0.25) is 0 Å². The molecule has 122 valence electrons. The lowest BCUT2D eigenvalue weighted by Crippen LogP contribution is -2.26. The Morgan fingerprint density at radius 1 is 0.583 bits per heavy atom. The van der Waals surface area contributed by atoms with Crippen molar-refractivity contribution >= 4 is 39.8 Å². The Hall–Kier alpha value is -1.71. The van der Waals surface area contributed by atoms with E-state index >= 15 is 0 Å². The van der Waals surface area contributed by atoms with E-state index in [0.717, 1.165) is 0 Å². The van der Waals surface area contributed by atoms with Crippen LogP contribution in [0.5, 0.6) is 0 Å². The summed E-state index contributed by atoms with van der Waals surface area (Å²) in [5.74, 6) is -6.42. The second kappa shape index (κ2) is 7.04. The average Bonchev–Trinajstić information content (AvgIpc) is 2.63. The van der Waals surface area contributed by atoms with Gasteiger partial charge < -0.3 is 0 Å². The molecule has 0 fully saturated rings. The van der Waals surface area contributed by atoms with E-state index < -0.39 is 35.7 Å². The summed E-state index contributed by atoms with van der Waals surface area (Å²) in [5, 5.41) is 1.19. The van der Waals surface area contributed by atoms with Gasteiger partial charge in [0.25, 0.3) is 0 Å². The Bertz CT molecular complexity index is 801. The van der Waals surface area contributed by atoms with Gasteiger partial charge in [0, 0.05) is 5.30 Å². The van der Waals surface area contributed by atoms with Crippen LogP contribution in [-0.2, 0) is 0 Å². The summed E-state index contributed by atoms with van der Waals surface area (Å²) in [7, 11) is -1.60. The number of hydrogen-bond donors (Lipinski definition) is 0. The molecule has 0 aliphatic rings. The third-order valence-electron chi connectivity index (χ3n) is 3.44. The van der Waals surface area contributed by atoms with E-state index in [4.69, 9.17) is 0 Å². The molecule has 0 atom stereocenters. The van der Waals surface area contributed by atoms with Crippen LogP contribution >= 0.6 is 23.9 Å². The molecule has 0 N–H and O–H groups in total. The van der Waals surface area contributed by atoms with Crippen LogP contribution in [0.1, 0.15) is 0 Å². The van der Waals surface area contributed by atoms with Crippen LogP contribution < -0.4 is 15.9 Å². The van der Waals surface area contributed by atoms with Crippen LogP contribution in [0.3, 0.4) is 0 Å². The van der Waals surface area contributed by atoms with Crippen LogP contribution in [0.15, 0.2) is 65.1 Å². The van der Waals surface area contributed by atoms with Crippen molar-refractivity contribution in [2.75, 3.05) is 0 Å². The molecule has 0 spiro atoms. The minimum absolute atomic E-state index is 0.209. The predicted molar refractivity (Wildman–Crippen MR) is 92.7 cm³/mol. The van der Waals surface area contributed by atoms with Crippen molar-refractivity contribution in [1.82, 2.24) is 0 Å². The fourth-order valence-corrected chi connectivity index (χ4v) is 5.58. The highest BCUT2D eigenvalue weighted by atomic mass is 79.9. The molecule has 24 heavy (non-hydrogen) atoms. The quantitative estimate of drug-likeness (QED) is 0.251. The first kappa shape index (κ1) is 17.1. The lowest BCUT2D eigenvalue weighted by atomic mass is 10.3. The first-order chi connectivity index (χ1) is 11.5. The van der Waals surface area contributed by atoms with Crippen molar-refractivity contribution in [3.8, 4) is 0 Å². The van der Waals surface area contributed by atoms with Gasteiger partial charge in [0.2, 0.25) is 0 Å². The normalized spacial score (nSPS) is 11.1. The molecule has 3 aromatic rings. The Kier molecular flexibility index (Phi) is 5.02. The molecular formula is C18H10BrF4P. The van der Waals surface area contributed by atoms with Crippen molar-refractivity contribution in [2.45, 2.75) is 0 Å². The summed E-state index contributed by atoms with van der Waals surface area (Å²) in [6.45, 7) is 0. The van der Waals surface area contributed by atoms with Crippen LogP contribution in [-0.4, -0.2) is 0 Å². The zero-order chi connectivity index (χ0) is 17.3. The topological polar surface area (TPSA) is 0 Å². The molecule has 3 aromatic carbocycles. The van der Waals surface area contributed by atoms with Gasteiger partial charge in [-0.05, 0) is 34.5 Å². The van der Waals surface area contributed by atoms with Gasteiger partial charge >= 0.3 is 0 Å². The fourth-order valence-electron chi connectivity index (χ4n) is 2.35. The van der Waals surface area contributed by atoms with Crippen molar-refractivity contribution in [2.24, 2.45) is 0 Å². The number of hydrogen-bond acceptors (Lipinski definition) is 0. The molecular weight excluding hydrogens is 403 g/mol. The molecule has 0 heterocycles. The zero-order valence-corrected chi connectivity index (χ0v) is 14.6. The first-order valence-electron chi connectivity index (χ1n) is 6.94. The van der Waals surface area contributed by atoms with E-state index in [1.165, 1.54) is 0 Å². The molecule has 0 amide bonds. The predicted octanol–water partition coefficient (Wildman–Crippen LogP) is 4.76.